The molecule has 0 aliphatic heterocycles. The standard InChI is InChI=1S/C15H13ClF3NO2.C15H11ClF3NO2/c2*1-3-20-14(9(7(2)21)6-10(16)15(20)22)13-11(18)4-8(17)5-12(13)19/h4-7,21H,3H2,1-2H3;4-6H,3H2,1-2H3. The third-order valence-corrected chi connectivity index (χ3v) is 7.01. The van der Waals surface area contributed by atoms with Crippen LogP contribution in [0.15, 0.2) is 46.0 Å². The van der Waals surface area contributed by atoms with E-state index in [0.717, 1.165) is 21.3 Å². The highest BCUT2D eigenvalue weighted by atomic mass is 35.5. The molecule has 14 heteroatoms. The van der Waals surface area contributed by atoms with Crippen LogP contribution in [0.1, 0.15) is 49.7 Å². The van der Waals surface area contributed by atoms with Gasteiger partial charge in [-0.3, -0.25) is 14.4 Å². The monoisotopic (exact) mass is 660 g/mol. The molecule has 0 aliphatic rings. The predicted molar refractivity (Wildman–Crippen MR) is 154 cm³/mol. The van der Waals surface area contributed by atoms with Crippen molar-refractivity contribution in [3.8, 4) is 22.5 Å². The molecule has 1 atom stereocenters. The lowest BCUT2D eigenvalue weighted by Gasteiger charge is -2.19. The van der Waals surface area contributed by atoms with Crippen LogP contribution in [0.3, 0.4) is 0 Å². The molecule has 4 aromatic rings. The molecule has 6 nitrogen and oxygen atoms in total. The summed E-state index contributed by atoms with van der Waals surface area (Å²) in [6.07, 6.45) is -1.13. The average molecular weight is 661 g/mol. The third-order valence-electron chi connectivity index (χ3n) is 6.47. The van der Waals surface area contributed by atoms with Crippen molar-refractivity contribution in [2.24, 2.45) is 0 Å². The number of carbonyl (C=O) groups excluding carboxylic acids is 1. The summed E-state index contributed by atoms with van der Waals surface area (Å²) in [4.78, 5) is 35.9. The number of hydrogen-bond donors (Lipinski definition) is 1. The molecule has 0 spiro atoms. The van der Waals surface area contributed by atoms with E-state index < -0.39 is 69.0 Å². The summed E-state index contributed by atoms with van der Waals surface area (Å²) in [5, 5.41) is 9.43. The van der Waals surface area contributed by atoms with Crippen molar-refractivity contribution in [1.82, 2.24) is 9.13 Å². The molecule has 1 N–H and O–H groups in total. The number of ketones is 1. The number of Topliss-reactive ketones (excluding diaryl/α,β-unsaturated/α-hetero) is 1. The number of aromatic nitrogens is 2. The largest absolute Gasteiger partial charge is 0.389 e. The summed E-state index contributed by atoms with van der Waals surface area (Å²) >= 11 is 11.6. The van der Waals surface area contributed by atoms with E-state index in [2.05, 4.69) is 0 Å². The number of carbonyl (C=O) groups is 1. The van der Waals surface area contributed by atoms with Gasteiger partial charge in [0.15, 0.2) is 5.78 Å². The van der Waals surface area contributed by atoms with Crippen LogP contribution < -0.4 is 11.1 Å². The molecule has 0 fully saturated rings. The Morgan fingerprint density at radius 2 is 1.09 bits per heavy atom. The normalized spacial score (nSPS) is 11.7. The van der Waals surface area contributed by atoms with Gasteiger partial charge in [0.25, 0.3) is 11.1 Å². The van der Waals surface area contributed by atoms with Gasteiger partial charge in [0.2, 0.25) is 0 Å². The quantitative estimate of drug-likeness (QED) is 0.172. The minimum atomic E-state index is -1.20. The molecule has 2 aromatic heterocycles. The Labute approximate surface area is 256 Å². The number of halogens is 8. The van der Waals surface area contributed by atoms with Crippen molar-refractivity contribution < 1.29 is 36.2 Å². The summed E-state index contributed by atoms with van der Waals surface area (Å²) in [6.45, 7) is 5.81. The van der Waals surface area contributed by atoms with Crippen LogP contribution in [0.5, 0.6) is 0 Å². The van der Waals surface area contributed by atoms with Crippen LogP contribution in [0.4, 0.5) is 26.3 Å². The molecule has 0 radical (unpaired) electrons. The van der Waals surface area contributed by atoms with Crippen molar-refractivity contribution in [3.63, 3.8) is 0 Å². The van der Waals surface area contributed by atoms with Gasteiger partial charge in [0.05, 0.1) is 28.6 Å². The van der Waals surface area contributed by atoms with E-state index in [9.17, 15) is 45.8 Å². The number of pyridine rings is 2. The Bertz CT molecular complexity index is 1840. The van der Waals surface area contributed by atoms with Crippen LogP contribution in [0.2, 0.25) is 10.0 Å². The molecule has 1 unspecified atom stereocenters. The maximum Gasteiger partial charge on any atom is 0.269 e. The van der Waals surface area contributed by atoms with Gasteiger partial charge in [-0.2, -0.15) is 0 Å². The molecular weight excluding hydrogens is 637 g/mol. The van der Waals surface area contributed by atoms with Crippen molar-refractivity contribution >= 4 is 29.0 Å². The summed E-state index contributed by atoms with van der Waals surface area (Å²) in [7, 11) is 0. The molecule has 0 bridgehead atoms. The van der Waals surface area contributed by atoms with Gasteiger partial charge in [-0.15, -0.1) is 0 Å². The van der Waals surface area contributed by atoms with Crippen molar-refractivity contribution in [2.45, 2.75) is 46.9 Å². The molecule has 44 heavy (non-hydrogen) atoms. The van der Waals surface area contributed by atoms with Crippen LogP contribution >= 0.6 is 23.2 Å². The molecule has 0 aliphatic carbocycles. The second-order valence-electron chi connectivity index (χ2n) is 9.37. The Morgan fingerprint density at radius 3 is 1.45 bits per heavy atom. The smallest absolute Gasteiger partial charge is 0.269 e. The first-order valence-corrected chi connectivity index (χ1v) is 13.7. The first-order valence-electron chi connectivity index (χ1n) is 12.9. The molecule has 0 saturated carbocycles. The Morgan fingerprint density at radius 1 is 0.727 bits per heavy atom. The zero-order valence-corrected chi connectivity index (χ0v) is 25.1. The minimum absolute atomic E-state index is 0.0330. The lowest BCUT2D eigenvalue weighted by atomic mass is 10.0. The zero-order valence-electron chi connectivity index (χ0n) is 23.5. The van der Waals surface area contributed by atoms with Crippen LogP contribution in [0.25, 0.3) is 22.5 Å². The van der Waals surface area contributed by atoms with Gasteiger partial charge in [-0.05, 0) is 39.8 Å². The highest BCUT2D eigenvalue weighted by Crippen LogP contribution is 2.34. The fourth-order valence-electron chi connectivity index (χ4n) is 4.56. The van der Waals surface area contributed by atoms with E-state index in [1.165, 1.54) is 13.8 Å². The fraction of sp³-hybridized carbons (Fsp3) is 0.233. The number of benzene rings is 2. The van der Waals surface area contributed by atoms with E-state index in [0.29, 0.717) is 24.3 Å². The number of hydrogen-bond acceptors (Lipinski definition) is 4. The maximum atomic E-state index is 14.1. The SMILES string of the molecule is CCn1c(-c2c(F)cc(F)cc2F)c(C(C)=O)cc(Cl)c1=O.CCn1c(-c2c(F)cc(F)cc2F)c(C(C)O)cc(Cl)c1=O. The predicted octanol–water partition coefficient (Wildman–Crippen LogP) is 7.47. The Kier molecular flexibility index (Phi) is 10.9. The van der Waals surface area contributed by atoms with E-state index in [-0.39, 0.29) is 45.6 Å². The second kappa shape index (κ2) is 13.8. The first kappa shape index (κ1) is 34.6. The highest BCUT2D eigenvalue weighted by molar-refractivity contribution is 6.31. The van der Waals surface area contributed by atoms with Gasteiger partial charge in [-0.1, -0.05) is 23.2 Å². The van der Waals surface area contributed by atoms with Gasteiger partial charge in [0, 0.05) is 48.5 Å². The van der Waals surface area contributed by atoms with Crippen molar-refractivity contribution in [1.29, 1.82) is 0 Å². The molecule has 0 amide bonds. The lowest BCUT2D eigenvalue weighted by molar-refractivity contribution is 0.101. The number of nitrogens with zero attached hydrogens (tertiary/aromatic N) is 2. The van der Waals surface area contributed by atoms with E-state index in [1.807, 2.05) is 0 Å². The second-order valence-corrected chi connectivity index (χ2v) is 10.2. The van der Waals surface area contributed by atoms with Crippen LogP contribution in [-0.4, -0.2) is 20.0 Å². The van der Waals surface area contributed by atoms with E-state index in [1.54, 1.807) is 13.8 Å². The fourth-order valence-corrected chi connectivity index (χ4v) is 4.99. The van der Waals surface area contributed by atoms with Gasteiger partial charge >= 0.3 is 0 Å². The zero-order chi connectivity index (χ0) is 33.2. The summed E-state index contributed by atoms with van der Waals surface area (Å²) in [5.74, 6) is -7.43. The van der Waals surface area contributed by atoms with Gasteiger partial charge < -0.3 is 14.2 Å². The number of aliphatic hydroxyl groups excluding tert-OH is 1. The summed E-state index contributed by atoms with van der Waals surface area (Å²) < 4.78 is 84.4. The van der Waals surface area contributed by atoms with Gasteiger partial charge in [0.1, 0.15) is 44.9 Å². The number of rotatable bonds is 6. The Hall–Kier alpha value is -3.87. The highest BCUT2D eigenvalue weighted by Gasteiger charge is 2.25. The molecule has 4 rings (SSSR count). The van der Waals surface area contributed by atoms with Crippen molar-refractivity contribution in [2.75, 3.05) is 0 Å². The van der Waals surface area contributed by atoms with E-state index >= 15 is 0 Å². The topological polar surface area (TPSA) is 81.3 Å². The molecule has 0 saturated heterocycles. The van der Waals surface area contributed by atoms with Crippen LogP contribution in [0, 0.1) is 34.9 Å². The third kappa shape index (κ3) is 6.77. The first-order chi connectivity index (χ1) is 20.5. The molecule has 234 valence electrons. The van der Waals surface area contributed by atoms with E-state index in [4.69, 9.17) is 23.2 Å². The molecule has 2 aromatic carbocycles. The molecular formula is C30H24Cl2F6N2O4. The van der Waals surface area contributed by atoms with Crippen molar-refractivity contribution in [3.05, 3.63) is 113 Å². The maximum absolute atomic E-state index is 14.1. The Balaban J connectivity index is 0.000000240. The van der Waals surface area contributed by atoms with Crippen LogP contribution in [-0.2, 0) is 13.1 Å². The summed E-state index contributed by atoms with van der Waals surface area (Å²) in [5.41, 5.74) is -2.98. The minimum Gasteiger partial charge on any atom is -0.389 e. The summed E-state index contributed by atoms with van der Waals surface area (Å²) in [6, 6.07) is 4.24. The lowest BCUT2D eigenvalue weighted by Crippen LogP contribution is -2.24. The average Bonchev–Trinajstić information content (AvgIpc) is 2.91. The number of aliphatic hydroxyl groups is 1. The van der Waals surface area contributed by atoms with Gasteiger partial charge in [-0.25, -0.2) is 26.3 Å². The molecule has 2 heterocycles.